The van der Waals surface area contributed by atoms with Crippen molar-refractivity contribution < 1.29 is 0 Å². The van der Waals surface area contributed by atoms with Gasteiger partial charge in [0.25, 0.3) is 0 Å². The molecule has 0 radical (unpaired) electrons. The summed E-state index contributed by atoms with van der Waals surface area (Å²) in [5.41, 5.74) is 17.5. The maximum Gasteiger partial charge on any atom is 0.0747 e. The van der Waals surface area contributed by atoms with Crippen molar-refractivity contribution in [2.45, 2.75) is 5.41 Å². The Morgan fingerprint density at radius 2 is 0.804 bits per heavy atom. The Morgan fingerprint density at radius 1 is 0.314 bits per heavy atom. The molecule has 1 spiro atoms. The molecule has 8 aromatic carbocycles. The van der Waals surface area contributed by atoms with Crippen LogP contribution in [0.3, 0.4) is 0 Å². The van der Waals surface area contributed by atoms with Gasteiger partial charge >= 0.3 is 0 Å². The highest BCUT2D eigenvalue weighted by Crippen LogP contribution is 2.65. The molecule has 2 heterocycles. The first kappa shape index (κ1) is 27.2. The van der Waals surface area contributed by atoms with E-state index in [1.165, 1.54) is 99.5 Å². The van der Waals surface area contributed by atoms with Gasteiger partial charge in [0.05, 0.1) is 27.5 Å². The third-order valence-electron chi connectivity index (χ3n) is 11.7. The van der Waals surface area contributed by atoms with E-state index >= 15 is 0 Å². The molecule has 0 saturated heterocycles. The molecule has 2 heteroatoms. The second-order valence-electron chi connectivity index (χ2n) is 14.0. The summed E-state index contributed by atoms with van der Waals surface area (Å²) < 4.78 is 5.03. The minimum Gasteiger partial charge on any atom is -0.309 e. The normalized spacial score (nSPS) is 15.5. The first-order valence-corrected chi connectivity index (χ1v) is 17.8. The fourth-order valence-electron chi connectivity index (χ4n) is 9.91. The molecule has 12 rings (SSSR count). The van der Waals surface area contributed by atoms with Gasteiger partial charge in [0.15, 0.2) is 0 Å². The molecule has 2 nitrogen and oxygen atoms in total. The van der Waals surface area contributed by atoms with E-state index in [1.807, 2.05) is 0 Å². The van der Waals surface area contributed by atoms with E-state index in [-0.39, 0.29) is 0 Å². The number of aromatic nitrogens is 2. The molecule has 236 valence electrons. The number of fused-ring (bicyclic) bond motifs is 18. The van der Waals surface area contributed by atoms with Gasteiger partial charge in [-0.25, -0.2) is 0 Å². The monoisotopic (exact) mass is 646 g/mol. The lowest BCUT2D eigenvalue weighted by Gasteiger charge is -2.31. The SMILES string of the molecule is c1ccc(-n2c3ccccc3c3ccc4c(c32)-c2ccccc2C42c3ccccc3-c3ccc4c5ccccc5n(-c5ccccc5)c4c32)cc1. The number of benzene rings is 8. The van der Waals surface area contributed by atoms with Crippen LogP contribution in [0.4, 0.5) is 0 Å². The van der Waals surface area contributed by atoms with Gasteiger partial charge < -0.3 is 9.13 Å². The zero-order valence-corrected chi connectivity index (χ0v) is 27.7. The van der Waals surface area contributed by atoms with Crippen molar-refractivity contribution >= 4 is 43.6 Å². The zero-order chi connectivity index (χ0) is 33.3. The molecule has 1 atom stereocenters. The van der Waals surface area contributed by atoms with E-state index < -0.39 is 5.41 Å². The van der Waals surface area contributed by atoms with Crippen molar-refractivity contribution in [3.8, 4) is 33.6 Å². The molecule has 0 N–H and O–H groups in total. The number of para-hydroxylation sites is 4. The summed E-state index contributed by atoms with van der Waals surface area (Å²) in [6.45, 7) is 0. The molecule has 51 heavy (non-hydrogen) atoms. The third-order valence-corrected chi connectivity index (χ3v) is 11.7. The highest BCUT2D eigenvalue weighted by molar-refractivity contribution is 6.19. The van der Waals surface area contributed by atoms with Gasteiger partial charge in [0.1, 0.15) is 0 Å². The molecule has 0 fully saturated rings. The fourth-order valence-corrected chi connectivity index (χ4v) is 9.91. The Labute approximate surface area is 295 Å². The highest BCUT2D eigenvalue weighted by Gasteiger charge is 2.54. The summed E-state index contributed by atoms with van der Waals surface area (Å²) in [6.07, 6.45) is 0. The summed E-state index contributed by atoms with van der Waals surface area (Å²) in [7, 11) is 0. The lowest BCUT2D eigenvalue weighted by atomic mass is 9.70. The Bertz CT molecular complexity index is 3070. The maximum absolute atomic E-state index is 2.53. The van der Waals surface area contributed by atoms with Crippen LogP contribution in [0.2, 0.25) is 0 Å². The number of hydrogen-bond donors (Lipinski definition) is 0. The van der Waals surface area contributed by atoms with Crippen molar-refractivity contribution in [3.63, 3.8) is 0 Å². The van der Waals surface area contributed by atoms with Crippen molar-refractivity contribution in [2.24, 2.45) is 0 Å². The Morgan fingerprint density at radius 3 is 1.47 bits per heavy atom. The van der Waals surface area contributed by atoms with Crippen LogP contribution in [-0.2, 0) is 5.41 Å². The van der Waals surface area contributed by atoms with Gasteiger partial charge in [-0.3, -0.25) is 0 Å². The molecule has 0 bridgehead atoms. The molecular weight excluding hydrogens is 617 g/mol. The first-order valence-electron chi connectivity index (χ1n) is 17.8. The van der Waals surface area contributed by atoms with Crippen LogP contribution in [0, 0.1) is 0 Å². The third kappa shape index (κ3) is 3.24. The largest absolute Gasteiger partial charge is 0.309 e. The van der Waals surface area contributed by atoms with E-state index in [9.17, 15) is 0 Å². The average Bonchev–Trinajstić information content (AvgIpc) is 3.90. The Kier molecular flexibility index (Phi) is 5.20. The van der Waals surface area contributed by atoms with Crippen LogP contribution in [0.5, 0.6) is 0 Å². The quantitative estimate of drug-likeness (QED) is 0.177. The number of rotatable bonds is 2. The lowest BCUT2D eigenvalue weighted by molar-refractivity contribution is 0.797. The fraction of sp³-hybridized carbons (Fsp3) is 0.0204. The van der Waals surface area contributed by atoms with E-state index in [1.54, 1.807) is 0 Å². The van der Waals surface area contributed by atoms with Crippen molar-refractivity contribution in [2.75, 3.05) is 0 Å². The lowest BCUT2D eigenvalue weighted by Crippen LogP contribution is -2.26. The summed E-state index contributed by atoms with van der Waals surface area (Å²) >= 11 is 0. The predicted octanol–water partition coefficient (Wildman–Crippen LogP) is 12.2. The van der Waals surface area contributed by atoms with Gasteiger partial charge in [0.2, 0.25) is 0 Å². The Balaban J connectivity index is 1.34. The number of nitrogens with zero attached hydrogens (tertiary/aromatic N) is 2. The minimum atomic E-state index is -0.523. The standard InChI is InChI=1S/C49H30N2/c1-3-15-31(16-4-1)50-43-25-13-9-20-34(43)37-29-30-42-45(47(37)50)39-22-8-12-24-41(39)49(42)40-23-11-7-19-33(40)36-27-28-38-35-21-10-14-26-44(35)51(48(38)46(36)49)32-17-5-2-6-18-32/h1-30H. The topological polar surface area (TPSA) is 9.86 Å². The predicted molar refractivity (Wildman–Crippen MR) is 211 cm³/mol. The Hall–Kier alpha value is -6.64. The van der Waals surface area contributed by atoms with Crippen LogP contribution in [0.15, 0.2) is 182 Å². The van der Waals surface area contributed by atoms with Crippen molar-refractivity contribution in [1.29, 1.82) is 0 Å². The van der Waals surface area contributed by atoms with Gasteiger partial charge in [0, 0.05) is 44.0 Å². The maximum atomic E-state index is 2.53. The summed E-state index contributed by atoms with van der Waals surface area (Å²) in [5.74, 6) is 0. The molecule has 2 aliphatic carbocycles. The van der Waals surface area contributed by atoms with E-state index in [2.05, 4.69) is 191 Å². The molecule has 0 aliphatic heterocycles. The summed E-state index contributed by atoms with van der Waals surface area (Å²) in [4.78, 5) is 0. The molecule has 1 unspecified atom stereocenters. The van der Waals surface area contributed by atoms with Gasteiger partial charge in [-0.15, -0.1) is 0 Å². The van der Waals surface area contributed by atoms with Crippen LogP contribution >= 0.6 is 0 Å². The van der Waals surface area contributed by atoms with E-state index in [0.717, 1.165) is 0 Å². The molecule has 10 aromatic rings. The average molecular weight is 647 g/mol. The van der Waals surface area contributed by atoms with Crippen molar-refractivity contribution in [3.05, 3.63) is 204 Å². The van der Waals surface area contributed by atoms with Crippen LogP contribution < -0.4 is 0 Å². The zero-order valence-electron chi connectivity index (χ0n) is 27.7. The summed E-state index contributed by atoms with van der Waals surface area (Å²) in [6, 6.07) is 67.6. The van der Waals surface area contributed by atoms with Crippen LogP contribution in [0.25, 0.3) is 77.2 Å². The van der Waals surface area contributed by atoms with Crippen LogP contribution in [0.1, 0.15) is 22.3 Å². The molecule has 2 aliphatic rings. The van der Waals surface area contributed by atoms with Gasteiger partial charge in [-0.1, -0.05) is 146 Å². The van der Waals surface area contributed by atoms with Crippen molar-refractivity contribution in [1.82, 2.24) is 9.13 Å². The summed E-state index contributed by atoms with van der Waals surface area (Å²) in [5, 5.41) is 5.11. The second kappa shape index (κ2) is 9.74. The molecule has 2 aromatic heterocycles. The van der Waals surface area contributed by atoms with Crippen LogP contribution in [-0.4, -0.2) is 9.13 Å². The van der Waals surface area contributed by atoms with E-state index in [4.69, 9.17) is 0 Å². The van der Waals surface area contributed by atoms with Gasteiger partial charge in [-0.05, 0) is 69.8 Å². The number of hydrogen-bond acceptors (Lipinski definition) is 0. The molecular formula is C49H30N2. The highest BCUT2D eigenvalue weighted by atomic mass is 15.0. The second-order valence-corrected chi connectivity index (χ2v) is 14.0. The smallest absolute Gasteiger partial charge is 0.0747 e. The molecule has 0 amide bonds. The van der Waals surface area contributed by atoms with E-state index in [0.29, 0.717) is 0 Å². The first-order chi connectivity index (χ1) is 25.4. The van der Waals surface area contributed by atoms with Gasteiger partial charge in [-0.2, -0.15) is 0 Å². The molecule has 0 saturated carbocycles. The minimum absolute atomic E-state index is 0.523.